The third-order valence-corrected chi connectivity index (χ3v) is 2.55. The van der Waals surface area contributed by atoms with Gasteiger partial charge in [-0.25, -0.2) is 4.79 Å². The van der Waals surface area contributed by atoms with Gasteiger partial charge < -0.3 is 14.7 Å². The normalized spacial score (nSPS) is 10.3. The fourth-order valence-corrected chi connectivity index (χ4v) is 1.73. The van der Waals surface area contributed by atoms with Crippen LogP contribution in [0.2, 0.25) is 0 Å². The number of aromatic carboxylic acids is 1. The van der Waals surface area contributed by atoms with Gasteiger partial charge in [-0.1, -0.05) is 17.3 Å². The molecule has 16 heavy (non-hydrogen) atoms. The van der Waals surface area contributed by atoms with Gasteiger partial charge in [-0.3, -0.25) is 0 Å². The Labute approximate surface area is 98.4 Å². The molecule has 0 atom stereocenters. The van der Waals surface area contributed by atoms with Crippen LogP contribution < -0.4 is 0 Å². The van der Waals surface area contributed by atoms with Crippen molar-refractivity contribution in [2.75, 3.05) is 0 Å². The number of hydrogen-bond donors (Lipinski definition) is 2. The molecular weight excluding hydrogens is 278 g/mol. The second-order valence-corrected chi connectivity index (χ2v) is 3.75. The fourth-order valence-electron chi connectivity index (χ4n) is 1.31. The van der Waals surface area contributed by atoms with Gasteiger partial charge in [0.1, 0.15) is 11.3 Å². The maximum atomic E-state index is 11.0. The second-order valence-electron chi connectivity index (χ2n) is 3.00. The van der Waals surface area contributed by atoms with Gasteiger partial charge >= 0.3 is 5.97 Å². The van der Waals surface area contributed by atoms with E-state index in [0.717, 1.165) is 0 Å². The number of halogens is 1. The number of phenols is 1. The lowest BCUT2D eigenvalue weighted by Crippen LogP contribution is -1.97. The van der Waals surface area contributed by atoms with Gasteiger partial charge in [0.15, 0.2) is 10.4 Å². The van der Waals surface area contributed by atoms with Crippen LogP contribution in [0.25, 0.3) is 11.3 Å². The van der Waals surface area contributed by atoms with Crippen molar-refractivity contribution < 1.29 is 19.5 Å². The zero-order chi connectivity index (χ0) is 11.7. The first-order chi connectivity index (χ1) is 7.61. The lowest BCUT2D eigenvalue weighted by Gasteiger charge is -2.00. The maximum Gasteiger partial charge on any atom is 0.342 e. The van der Waals surface area contributed by atoms with Crippen LogP contribution in [-0.2, 0) is 0 Å². The SMILES string of the molecule is O=C(O)c1c(Br)noc1-c1ccccc1O. The summed E-state index contributed by atoms with van der Waals surface area (Å²) in [7, 11) is 0. The van der Waals surface area contributed by atoms with E-state index in [-0.39, 0.29) is 27.2 Å². The van der Waals surface area contributed by atoms with Crippen LogP contribution in [0.5, 0.6) is 5.75 Å². The van der Waals surface area contributed by atoms with Crippen LogP contribution in [0.1, 0.15) is 10.4 Å². The molecule has 0 saturated carbocycles. The van der Waals surface area contributed by atoms with Crippen molar-refractivity contribution in [3.63, 3.8) is 0 Å². The first kappa shape index (κ1) is 10.7. The number of carboxylic acid groups (broad SMARTS) is 1. The molecule has 0 amide bonds. The highest BCUT2D eigenvalue weighted by Crippen LogP contribution is 2.34. The van der Waals surface area contributed by atoms with Gasteiger partial charge in [0, 0.05) is 0 Å². The van der Waals surface area contributed by atoms with Gasteiger partial charge in [-0.2, -0.15) is 0 Å². The third-order valence-electron chi connectivity index (χ3n) is 2.01. The minimum absolute atomic E-state index is 0.0254. The van der Waals surface area contributed by atoms with Crippen molar-refractivity contribution in [3.8, 4) is 17.1 Å². The van der Waals surface area contributed by atoms with E-state index in [2.05, 4.69) is 21.1 Å². The number of carboxylic acids is 1. The fraction of sp³-hybridized carbons (Fsp3) is 0. The Morgan fingerprint density at radius 1 is 1.38 bits per heavy atom. The molecule has 0 aliphatic rings. The summed E-state index contributed by atoms with van der Waals surface area (Å²) in [6.45, 7) is 0. The number of benzene rings is 1. The maximum absolute atomic E-state index is 11.0. The number of aromatic hydroxyl groups is 1. The number of phenolic OH excluding ortho intramolecular Hbond substituents is 1. The Hall–Kier alpha value is -1.82. The predicted octanol–water partition coefficient (Wildman–Crippen LogP) is 2.51. The van der Waals surface area contributed by atoms with Crippen LogP contribution in [-0.4, -0.2) is 21.3 Å². The molecule has 5 nitrogen and oxygen atoms in total. The van der Waals surface area contributed by atoms with Crippen molar-refractivity contribution in [2.24, 2.45) is 0 Å². The minimum atomic E-state index is -1.17. The molecule has 0 spiro atoms. The molecule has 0 bridgehead atoms. The standard InChI is InChI=1S/C10H6BrNO4/c11-9-7(10(14)15)8(16-12-9)5-3-1-2-4-6(5)13/h1-4,13H,(H,14,15). The molecule has 2 aromatic rings. The highest BCUT2D eigenvalue weighted by atomic mass is 79.9. The van der Waals surface area contributed by atoms with Crippen LogP contribution in [0.15, 0.2) is 33.4 Å². The molecule has 0 aliphatic heterocycles. The topological polar surface area (TPSA) is 83.6 Å². The van der Waals surface area contributed by atoms with Crippen molar-refractivity contribution in [3.05, 3.63) is 34.4 Å². The molecule has 0 saturated heterocycles. The van der Waals surface area contributed by atoms with E-state index < -0.39 is 5.97 Å². The van der Waals surface area contributed by atoms with E-state index >= 15 is 0 Å². The van der Waals surface area contributed by atoms with Gasteiger partial charge in [0.2, 0.25) is 0 Å². The number of carbonyl (C=O) groups is 1. The number of para-hydroxylation sites is 1. The number of aromatic nitrogens is 1. The number of hydrogen-bond acceptors (Lipinski definition) is 4. The van der Waals surface area contributed by atoms with Crippen molar-refractivity contribution in [2.45, 2.75) is 0 Å². The monoisotopic (exact) mass is 283 g/mol. The van der Waals surface area contributed by atoms with Gasteiger partial charge in [-0.15, -0.1) is 0 Å². The summed E-state index contributed by atoms with van der Waals surface area (Å²) < 4.78 is 4.98. The molecule has 1 aromatic carbocycles. The summed E-state index contributed by atoms with van der Waals surface area (Å²) in [6.07, 6.45) is 0. The molecular formula is C10H6BrNO4. The molecule has 82 valence electrons. The van der Waals surface area contributed by atoms with Gasteiger partial charge in [-0.05, 0) is 28.1 Å². The minimum Gasteiger partial charge on any atom is -0.507 e. The van der Waals surface area contributed by atoms with Crippen molar-refractivity contribution in [1.82, 2.24) is 5.16 Å². The Morgan fingerprint density at radius 3 is 2.69 bits per heavy atom. The zero-order valence-corrected chi connectivity index (χ0v) is 9.43. The van der Waals surface area contributed by atoms with E-state index in [9.17, 15) is 9.90 Å². The molecule has 1 aromatic heterocycles. The smallest absolute Gasteiger partial charge is 0.342 e. The van der Waals surface area contributed by atoms with Crippen molar-refractivity contribution in [1.29, 1.82) is 0 Å². The van der Waals surface area contributed by atoms with E-state index in [4.69, 9.17) is 9.63 Å². The first-order valence-electron chi connectivity index (χ1n) is 4.28. The molecule has 0 unspecified atom stereocenters. The van der Waals surface area contributed by atoms with Crippen LogP contribution >= 0.6 is 15.9 Å². The Balaban J connectivity index is 2.66. The molecule has 2 N–H and O–H groups in total. The Morgan fingerprint density at radius 2 is 2.06 bits per heavy atom. The highest BCUT2D eigenvalue weighted by Gasteiger charge is 2.23. The van der Waals surface area contributed by atoms with E-state index in [0.29, 0.717) is 0 Å². The second kappa shape index (κ2) is 3.97. The molecule has 6 heteroatoms. The largest absolute Gasteiger partial charge is 0.507 e. The first-order valence-corrected chi connectivity index (χ1v) is 5.07. The summed E-state index contributed by atoms with van der Waals surface area (Å²) in [5.41, 5.74) is 0.180. The van der Waals surface area contributed by atoms with Crippen molar-refractivity contribution >= 4 is 21.9 Å². The van der Waals surface area contributed by atoms with E-state index in [1.165, 1.54) is 6.07 Å². The van der Waals surface area contributed by atoms with E-state index in [1.807, 2.05) is 0 Å². The summed E-state index contributed by atoms with van der Waals surface area (Å²) in [6, 6.07) is 6.29. The summed E-state index contributed by atoms with van der Waals surface area (Å²) in [4.78, 5) is 11.0. The zero-order valence-electron chi connectivity index (χ0n) is 7.85. The molecule has 0 fully saturated rings. The number of nitrogens with zero attached hydrogens (tertiary/aromatic N) is 1. The lowest BCUT2D eigenvalue weighted by atomic mass is 10.1. The van der Waals surface area contributed by atoms with Crippen LogP contribution in [0.4, 0.5) is 0 Å². The molecule has 2 rings (SSSR count). The summed E-state index contributed by atoms with van der Waals surface area (Å²) in [5, 5.41) is 22.1. The number of rotatable bonds is 2. The van der Waals surface area contributed by atoms with Gasteiger partial charge in [0.05, 0.1) is 5.56 Å². The Bertz CT molecular complexity index is 550. The average Bonchev–Trinajstić information content (AvgIpc) is 2.61. The van der Waals surface area contributed by atoms with Gasteiger partial charge in [0.25, 0.3) is 0 Å². The molecule has 0 radical (unpaired) electrons. The lowest BCUT2D eigenvalue weighted by molar-refractivity contribution is 0.0696. The van der Waals surface area contributed by atoms with E-state index in [1.54, 1.807) is 18.2 Å². The summed E-state index contributed by atoms with van der Waals surface area (Å²) in [5.74, 6) is -1.21. The summed E-state index contributed by atoms with van der Waals surface area (Å²) >= 11 is 2.97. The van der Waals surface area contributed by atoms with Crippen LogP contribution in [0, 0.1) is 0 Å². The van der Waals surface area contributed by atoms with Crippen LogP contribution in [0.3, 0.4) is 0 Å². The Kier molecular flexibility index (Phi) is 2.66. The molecule has 1 heterocycles. The third kappa shape index (κ3) is 1.67. The average molecular weight is 284 g/mol. The quantitative estimate of drug-likeness (QED) is 0.885. The predicted molar refractivity (Wildman–Crippen MR) is 58.3 cm³/mol. The highest BCUT2D eigenvalue weighted by molar-refractivity contribution is 9.10. The molecule has 0 aliphatic carbocycles.